The highest BCUT2D eigenvalue weighted by molar-refractivity contribution is 5.97. The Kier molecular flexibility index (Phi) is 6.87. The first-order valence-corrected chi connectivity index (χ1v) is 7.03. The van der Waals surface area contributed by atoms with Gasteiger partial charge in [0.05, 0.1) is 0 Å². The number of rotatable bonds is 8. The van der Waals surface area contributed by atoms with E-state index in [9.17, 15) is 0 Å². The molecule has 5 nitrogen and oxygen atoms in total. The molecule has 0 radical (unpaired) electrons. The van der Waals surface area contributed by atoms with Crippen LogP contribution in [0, 0.1) is 0 Å². The first kappa shape index (κ1) is 16.3. The molecule has 0 saturated heterocycles. The molecule has 0 spiro atoms. The zero-order chi connectivity index (χ0) is 15.0. The van der Waals surface area contributed by atoms with Gasteiger partial charge in [0, 0.05) is 18.2 Å². The lowest BCUT2D eigenvalue weighted by Crippen LogP contribution is -2.33. The number of nitrogens with two attached hydrogens (primary N) is 1. The van der Waals surface area contributed by atoms with Gasteiger partial charge in [-0.1, -0.05) is 19.0 Å². The van der Waals surface area contributed by atoms with Gasteiger partial charge in [-0.15, -0.1) is 0 Å². The summed E-state index contributed by atoms with van der Waals surface area (Å²) in [5.74, 6) is 0.891. The van der Waals surface area contributed by atoms with Crippen LogP contribution in [-0.2, 0) is 0 Å². The molecule has 0 bridgehead atoms. The lowest BCUT2D eigenvalue weighted by molar-refractivity contribution is 0.183. The largest absolute Gasteiger partial charge is 0.492 e. The van der Waals surface area contributed by atoms with Crippen molar-refractivity contribution in [2.75, 3.05) is 20.2 Å². The van der Waals surface area contributed by atoms with Crippen LogP contribution in [0.4, 0.5) is 0 Å². The van der Waals surface area contributed by atoms with Gasteiger partial charge in [-0.25, -0.2) is 0 Å². The molecule has 0 unspecified atom stereocenters. The van der Waals surface area contributed by atoms with Crippen molar-refractivity contribution in [3.05, 3.63) is 29.8 Å². The average molecular weight is 279 g/mol. The Balaban J connectivity index is 2.43. The second kappa shape index (κ2) is 8.43. The second-order valence-electron chi connectivity index (χ2n) is 4.81. The molecule has 20 heavy (non-hydrogen) atoms. The van der Waals surface area contributed by atoms with Crippen LogP contribution in [0.1, 0.15) is 32.3 Å². The fourth-order valence-electron chi connectivity index (χ4n) is 2.18. The van der Waals surface area contributed by atoms with Crippen molar-refractivity contribution in [1.29, 1.82) is 0 Å². The summed E-state index contributed by atoms with van der Waals surface area (Å²) in [5, 5.41) is 11.5. The number of oxime groups is 1. The Morgan fingerprint density at radius 3 is 2.40 bits per heavy atom. The van der Waals surface area contributed by atoms with Crippen molar-refractivity contribution in [2.45, 2.75) is 32.7 Å². The molecule has 5 heteroatoms. The minimum Gasteiger partial charge on any atom is -0.492 e. The maximum atomic E-state index is 8.58. The van der Waals surface area contributed by atoms with Gasteiger partial charge in [-0.05, 0) is 44.2 Å². The van der Waals surface area contributed by atoms with E-state index in [0.717, 1.165) is 25.1 Å². The van der Waals surface area contributed by atoms with Crippen LogP contribution < -0.4 is 10.5 Å². The number of likely N-dealkylation sites (N-methyl/N-ethyl adjacent to an activating group) is 1. The summed E-state index contributed by atoms with van der Waals surface area (Å²) in [5.41, 5.74) is 6.18. The van der Waals surface area contributed by atoms with Crippen LogP contribution in [0.3, 0.4) is 0 Å². The molecule has 0 saturated carbocycles. The van der Waals surface area contributed by atoms with E-state index in [1.807, 2.05) is 12.1 Å². The number of benzene rings is 1. The van der Waals surface area contributed by atoms with Gasteiger partial charge >= 0.3 is 0 Å². The zero-order valence-corrected chi connectivity index (χ0v) is 12.5. The summed E-state index contributed by atoms with van der Waals surface area (Å²) >= 11 is 0. The Labute approximate surface area is 121 Å². The fraction of sp³-hybridized carbons (Fsp3) is 0.533. The molecule has 0 amide bonds. The Bertz CT molecular complexity index is 414. The summed E-state index contributed by atoms with van der Waals surface area (Å²) in [7, 11) is 2.13. The molecule has 0 aliphatic rings. The average Bonchev–Trinajstić information content (AvgIpc) is 2.48. The molecule has 0 fully saturated rings. The molecular weight excluding hydrogens is 254 g/mol. The van der Waals surface area contributed by atoms with E-state index in [-0.39, 0.29) is 5.84 Å². The standard InChI is InChI=1S/C15H25N3O2/c1-4-13(5-2)18(3)10-11-20-14-8-6-12(7-9-14)15(16)17-19/h6-9,13,19H,4-5,10-11H2,1-3H3,(H2,16,17). The van der Waals surface area contributed by atoms with Gasteiger partial charge in [0.15, 0.2) is 5.84 Å². The Morgan fingerprint density at radius 2 is 1.90 bits per heavy atom. The van der Waals surface area contributed by atoms with Crippen LogP contribution in [-0.4, -0.2) is 42.2 Å². The molecule has 1 aromatic carbocycles. The number of ether oxygens (including phenoxy) is 1. The van der Waals surface area contributed by atoms with Crippen molar-refractivity contribution in [3.63, 3.8) is 0 Å². The van der Waals surface area contributed by atoms with Crippen LogP contribution >= 0.6 is 0 Å². The van der Waals surface area contributed by atoms with Crippen molar-refractivity contribution in [2.24, 2.45) is 10.9 Å². The van der Waals surface area contributed by atoms with Crippen LogP contribution in [0.25, 0.3) is 0 Å². The van der Waals surface area contributed by atoms with Gasteiger partial charge in [-0.2, -0.15) is 0 Å². The lowest BCUT2D eigenvalue weighted by atomic mass is 10.1. The third kappa shape index (κ3) is 4.74. The van der Waals surface area contributed by atoms with E-state index in [0.29, 0.717) is 18.2 Å². The van der Waals surface area contributed by atoms with Gasteiger partial charge in [-0.3, -0.25) is 0 Å². The molecule has 3 N–H and O–H groups in total. The molecular formula is C15H25N3O2. The predicted octanol–water partition coefficient (Wildman–Crippen LogP) is 2.28. The van der Waals surface area contributed by atoms with Crippen molar-refractivity contribution in [3.8, 4) is 5.75 Å². The van der Waals surface area contributed by atoms with Gasteiger partial charge < -0.3 is 20.6 Å². The maximum absolute atomic E-state index is 8.58. The quantitative estimate of drug-likeness (QED) is 0.331. The van der Waals surface area contributed by atoms with E-state index in [1.54, 1.807) is 12.1 Å². The Hall–Kier alpha value is -1.75. The SMILES string of the molecule is CCC(CC)N(C)CCOc1ccc(C(N)=NO)cc1. The Morgan fingerprint density at radius 1 is 1.30 bits per heavy atom. The number of nitrogens with zero attached hydrogens (tertiary/aromatic N) is 2. The summed E-state index contributed by atoms with van der Waals surface area (Å²) in [6.07, 6.45) is 2.31. The van der Waals surface area contributed by atoms with Crippen LogP contribution in [0.5, 0.6) is 5.75 Å². The molecule has 0 atom stereocenters. The molecule has 0 aliphatic carbocycles. The van der Waals surface area contributed by atoms with Crippen LogP contribution in [0.2, 0.25) is 0 Å². The molecule has 0 aromatic heterocycles. The van der Waals surface area contributed by atoms with E-state index in [4.69, 9.17) is 15.7 Å². The summed E-state index contributed by atoms with van der Waals surface area (Å²) in [4.78, 5) is 2.32. The minimum absolute atomic E-state index is 0.102. The molecule has 0 aliphatic heterocycles. The lowest BCUT2D eigenvalue weighted by Gasteiger charge is -2.25. The summed E-state index contributed by atoms with van der Waals surface area (Å²) in [6, 6.07) is 7.81. The summed E-state index contributed by atoms with van der Waals surface area (Å²) in [6.45, 7) is 5.96. The van der Waals surface area contributed by atoms with E-state index >= 15 is 0 Å². The first-order valence-electron chi connectivity index (χ1n) is 7.03. The maximum Gasteiger partial charge on any atom is 0.170 e. The van der Waals surface area contributed by atoms with E-state index in [1.165, 1.54) is 0 Å². The topological polar surface area (TPSA) is 71.1 Å². The predicted molar refractivity (Wildman–Crippen MR) is 81.4 cm³/mol. The molecule has 1 rings (SSSR count). The van der Waals surface area contributed by atoms with Crippen molar-refractivity contribution >= 4 is 5.84 Å². The number of hydrogen-bond acceptors (Lipinski definition) is 4. The third-order valence-corrected chi connectivity index (χ3v) is 3.54. The highest BCUT2D eigenvalue weighted by Gasteiger charge is 2.09. The van der Waals surface area contributed by atoms with Crippen molar-refractivity contribution < 1.29 is 9.94 Å². The molecule has 0 heterocycles. The highest BCUT2D eigenvalue weighted by atomic mass is 16.5. The first-order chi connectivity index (χ1) is 9.62. The van der Waals surface area contributed by atoms with E-state index < -0.39 is 0 Å². The molecule has 112 valence electrons. The summed E-state index contributed by atoms with van der Waals surface area (Å²) < 4.78 is 5.70. The highest BCUT2D eigenvalue weighted by Crippen LogP contribution is 2.12. The third-order valence-electron chi connectivity index (χ3n) is 3.54. The minimum atomic E-state index is 0.102. The van der Waals surface area contributed by atoms with Crippen molar-refractivity contribution in [1.82, 2.24) is 4.90 Å². The van der Waals surface area contributed by atoms with Gasteiger partial charge in [0.1, 0.15) is 12.4 Å². The van der Waals surface area contributed by atoms with Gasteiger partial charge in [0.2, 0.25) is 0 Å². The fourth-order valence-corrected chi connectivity index (χ4v) is 2.18. The monoisotopic (exact) mass is 279 g/mol. The van der Waals surface area contributed by atoms with Gasteiger partial charge in [0.25, 0.3) is 0 Å². The normalized spacial score (nSPS) is 12.2. The smallest absolute Gasteiger partial charge is 0.170 e. The number of amidine groups is 1. The second-order valence-corrected chi connectivity index (χ2v) is 4.81. The number of hydrogen-bond donors (Lipinski definition) is 2. The zero-order valence-electron chi connectivity index (χ0n) is 12.5. The van der Waals surface area contributed by atoms with E-state index in [2.05, 4.69) is 31.0 Å². The van der Waals surface area contributed by atoms with Crippen LogP contribution in [0.15, 0.2) is 29.4 Å². The molecule has 1 aromatic rings.